The van der Waals surface area contributed by atoms with E-state index in [4.69, 9.17) is 9.47 Å². The minimum absolute atomic E-state index is 0.361. The lowest BCUT2D eigenvalue weighted by Gasteiger charge is -2.19. The maximum Gasteiger partial charge on any atom is 0.418 e. The summed E-state index contributed by atoms with van der Waals surface area (Å²) in [4.78, 5) is 23.9. The van der Waals surface area contributed by atoms with Crippen molar-refractivity contribution in [3.8, 4) is 0 Å². The SMILES string of the molecule is COC(=O)c1cc(Br)c2ccn(C(=O)OC(C)(C)C)c2c1. The first-order valence-electron chi connectivity index (χ1n) is 6.35. The molecule has 0 unspecified atom stereocenters. The molecule has 1 aromatic carbocycles. The number of hydrogen-bond acceptors (Lipinski definition) is 4. The van der Waals surface area contributed by atoms with Crippen LogP contribution in [-0.2, 0) is 9.47 Å². The predicted octanol–water partition coefficient (Wildman–Crippen LogP) is 3.97. The Hall–Kier alpha value is -1.82. The Kier molecular flexibility index (Phi) is 4.09. The minimum Gasteiger partial charge on any atom is -0.465 e. The van der Waals surface area contributed by atoms with Gasteiger partial charge in [0.05, 0.1) is 18.2 Å². The Balaban J connectivity index is 2.53. The summed E-state index contributed by atoms with van der Waals surface area (Å²) < 4.78 is 12.1. The first-order chi connectivity index (χ1) is 9.73. The van der Waals surface area contributed by atoms with Crippen molar-refractivity contribution >= 4 is 38.9 Å². The van der Waals surface area contributed by atoms with Crippen molar-refractivity contribution in [3.63, 3.8) is 0 Å². The summed E-state index contributed by atoms with van der Waals surface area (Å²) in [5, 5.41) is 0.813. The molecule has 1 heterocycles. The largest absolute Gasteiger partial charge is 0.465 e. The van der Waals surface area contributed by atoms with Crippen LogP contribution in [0, 0.1) is 0 Å². The second kappa shape index (κ2) is 5.52. The third-order valence-electron chi connectivity index (χ3n) is 2.77. The summed E-state index contributed by atoms with van der Waals surface area (Å²) in [5.74, 6) is -0.463. The standard InChI is InChI=1S/C15H16BrNO4/c1-15(2,3)21-14(19)17-6-5-10-11(16)7-9(8-12(10)17)13(18)20-4/h5-8H,1-4H3. The molecule has 2 aromatic rings. The molecule has 0 saturated heterocycles. The number of aromatic nitrogens is 1. The summed E-state index contributed by atoms with van der Waals surface area (Å²) in [5.41, 5.74) is 0.352. The number of hydrogen-bond donors (Lipinski definition) is 0. The van der Waals surface area contributed by atoms with Crippen LogP contribution in [0.25, 0.3) is 10.9 Å². The molecule has 0 spiro atoms. The van der Waals surface area contributed by atoms with Crippen LogP contribution in [0.4, 0.5) is 4.79 Å². The van der Waals surface area contributed by atoms with E-state index in [1.165, 1.54) is 11.7 Å². The van der Waals surface area contributed by atoms with Gasteiger partial charge in [-0.2, -0.15) is 0 Å². The molecule has 112 valence electrons. The summed E-state index contributed by atoms with van der Waals surface area (Å²) in [7, 11) is 1.31. The second-order valence-electron chi connectivity index (χ2n) is 5.55. The molecule has 21 heavy (non-hydrogen) atoms. The number of carbonyl (C=O) groups is 2. The van der Waals surface area contributed by atoms with Gasteiger partial charge in [-0.1, -0.05) is 15.9 Å². The zero-order valence-electron chi connectivity index (χ0n) is 12.3. The van der Waals surface area contributed by atoms with E-state index in [0.29, 0.717) is 15.6 Å². The van der Waals surface area contributed by atoms with E-state index < -0.39 is 17.7 Å². The Labute approximate surface area is 131 Å². The Bertz CT molecular complexity index is 712. The van der Waals surface area contributed by atoms with Gasteiger partial charge in [-0.3, -0.25) is 4.57 Å². The monoisotopic (exact) mass is 353 g/mol. The summed E-state index contributed by atoms with van der Waals surface area (Å²) in [6.45, 7) is 5.39. The highest BCUT2D eigenvalue weighted by Crippen LogP contribution is 2.28. The van der Waals surface area contributed by atoms with Gasteiger partial charge in [0.2, 0.25) is 0 Å². The fraction of sp³-hybridized carbons (Fsp3) is 0.333. The molecule has 0 radical (unpaired) electrons. The first kappa shape index (κ1) is 15.6. The van der Waals surface area contributed by atoms with Crippen molar-refractivity contribution in [2.24, 2.45) is 0 Å². The van der Waals surface area contributed by atoms with Gasteiger partial charge >= 0.3 is 12.1 Å². The van der Waals surface area contributed by atoms with Crippen LogP contribution in [0.2, 0.25) is 0 Å². The number of fused-ring (bicyclic) bond motifs is 1. The van der Waals surface area contributed by atoms with Gasteiger partial charge in [-0.25, -0.2) is 9.59 Å². The first-order valence-corrected chi connectivity index (χ1v) is 7.14. The highest BCUT2D eigenvalue weighted by Gasteiger charge is 2.20. The molecule has 0 atom stereocenters. The fourth-order valence-electron chi connectivity index (χ4n) is 1.90. The molecule has 0 saturated carbocycles. The molecule has 5 nitrogen and oxygen atoms in total. The average Bonchev–Trinajstić information content (AvgIpc) is 2.80. The van der Waals surface area contributed by atoms with Crippen molar-refractivity contribution < 1.29 is 19.1 Å². The number of benzene rings is 1. The van der Waals surface area contributed by atoms with Gasteiger partial charge < -0.3 is 9.47 Å². The third kappa shape index (κ3) is 3.26. The second-order valence-corrected chi connectivity index (χ2v) is 6.40. The molecule has 0 aliphatic heterocycles. The van der Waals surface area contributed by atoms with E-state index >= 15 is 0 Å². The van der Waals surface area contributed by atoms with Crippen LogP contribution >= 0.6 is 15.9 Å². The van der Waals surface area contributed by atoms with E-state index in [-0.39, 0.29) is 0 Å². The maximum absolute atomic E-state index is 12.2. The molecule has 0 fully saturated rings. The molecule has 6 heteroatoms. The number of esters is 1. The predicted molar refractivity (Wildman–Crippen MR) is 82.6 cm³/mol. The molecule has 2 rings (SSSR count). The van der Waals surface area contributed by atoms with Crippen molar-refractivity contribution in [1.29, 1.82) is 0 Å². The van der Waals surface area contributed by atoms with Crippen molar-refractivity contribution in [2.75, 3.05) is 7.11 Å². The summed E-state index contributed by atoms with van der Waals surface area (Å²) in [6.07, 6.45) is 1.12. The van der Waals surface area contributed by atoms with E-state index in [1.54, 1.807) is 45.2 Å². The highest BCUT2D eigenvalue weighted by atomic mass is 79.9. The third-order valence-corrected chi connectivity index (χ3v) is 3.42. The van der Waals surface area contributed by atoms with E-state index in [2.05, 4.69) is 15.9 Å². The lowest BCUT2D eigenvalue weighted by molar-refractivity contribution is 0.0541. The highest BCUT2D eigenvalue weighted by molar-refractivity contribution is 9.10. The van der Waals surface area contributed by atoms with Gasteiger partial charge in [0.15, 0.2) is 0 Å². The number of halogens is 1. The topological polar surface area (TPSA) is 57.5 Å². The summed E-state index contributed by atoms with van der Waals surface area (Å²) >= 11 is 3.40. The summed E-state index contributed by atoms with van der Waals surface area (Å²) in [6, 6.07) is 5.05. The number of nitrogens with zero attached hydrogens (tertiary/aromatic N) is 1. The molecule has 0 N–H and O–H groups in total. The lowest BCUT2D eigenvalue weighted by atomic mass is 10.1. The zero-order valence-corrected chi connectivity index (χ0v) is 13.9. The lowest BCUT2D eigenvalue weighted by Crippen LogP contribution is -2.26. The van der Waals surface area contributed by atoms with Gasteiger partial charge in [-0.15, -0.1) is 0 Å². The number of methoxy groups -OCH3 is 1. The maximum atomic E-state index is 12.2. The van der Waals surface area contributed by atoms with E-state index in [1.807, 2.05) is 0 Å². The fourth-order valence-corrected chi connectivity index (χ4v) is 2.48. The molecular formula is C15H16BrNO4. The molecule has 0 bridgehead atoms. The van der Waals surface area contributed by atoms with Crippen LogP contribution in [0.5, 0.6) is 0 Å². The molecule has 0 amide bonds. The van der Waals surface area contributed by atoms with Gasteiger partial charge in [0.1, 0.15) is 5.60 Å². The Morgan fingerprint density at radius 1 is 1.24 bits per heavy atom. The number of carbonyl (C=O) groups excluding carboxylic acids is 2. The molecular weight excluding hydrogens is 338 g/mol. The van der Waals surface area contributed by atoms with Crippen LogP contribution in [-0.4, -0.2) is 29.3 Å². The molecule has 0 aliphatic rings. The Morgan fingerprint density at radius 3 is 2.48 bits per heavy atom. The van der Waals surface area contributed by atoms with Crippen molar-refractivity contribution in [2.45, 2.75) is 26.4 Å². The quantitative estimate of drug-likeness (QED) is 0.727. The van der Waals surface area contributed by atoms with Crippen LogP contribution in [0.3, 0.4) is 0 Å². The van der Waals surface area contributed by atoms with Crippen molar-refractivity contribution in [1.82, 2.24) is 4.57 Å². The molecule has 0 aliphatic carbocycles. The van der Waals surface area contributed by atoms with Crippen LogP contribution < -0.4 is 0 Å². The van der Waals surface area contributed by atoms with Gasteiger partial charge in [-0.05, 0) is 39.0 Å². The molecule has 1 aromatic heterocycles. The minimum atomic E-state index is -0.592. The number of ether oxygens (including phenoxy) is 2. The van der Waals surface area contributed by atoms with E-state index in [9.17, 15) is 9.59 Å². The van der Waals surface area contributed by atoms with Gasteiger partial charge in [0, 0.05) is 16.1 Å². The average molecular weight is 354 g/mol. The van der Waals surface area contributed by atoms with E-state index in [0.717, 1.165) is 5.39 Å². The number of rotatable bonds is 1. The van der Waals surface area contributed by atoms with Crippen LogP contribution in [0.1, 0.15) is 31.1 Å². The Morgan fingerprint density at radius 2 is 1.90 bits per heavy atom. The smallest absolute Gasteiger partial charge is 0.418 e. The zero-order chi connectivity index (χ0) is 15.8. The normalized spacial score (nSPS) is 11.5. The van der Waals surface area contributed by atoms with Crippen molar-refractivity contribution in [3.05, 3.63) is 34.4 Å². The van der Waals surface area contributed by atoms with Crippen LogP contribution in [0.15, 0.2) is 28.9 Å². The van der Waals surface area contributed by atoms with Gasteiger partial charge in [0.25, 0.3) is 0 Å².